The Morgan fingerprint density at radius 2 is 1.81 bits per heavy atom. The van der Waals surface area contributed by atoms with Crippen molar-refractivity contribution in [3.8, 4) is 5.75 Å². The van der Waals surface area contributed by atoms with Gasteiger partial charge in [0.05, 0.1) is 12.2 Å². The SMILES string of the molecule is COC(CC(F)(F)C(F)F)c1cc(F)ccc1OC(C)C. The van der Waals surface area contributed by atoms with Crippen LogP contribution in [0.25, 0.3) is 0 Å². The first-order valence-corrected chi connectivity index (χ1v) is 6.32. The van der Waals surface area contributed by atoms with Crippen molar-refractivity contribution in [1.29, 1.82) is 0 Å². The van der Waals surface area contributed by atoms with Gasteiger partial charge in [-0.25, -0.2) is 22.0 Å². The van der Waals surface area contributed by atoms with E-state index in [1.807, 2.05) is 0 Å². The molecule has 0 aromatic heterocycles. The molecule has 0 N–H and O–H groups in total. The molecule has 1 aromatic carbocycles. The van der Waals surface area contributed by atoms with E-state index >= 15 is 0 Å². The summed E-state index contributed by atoms with van der Waals surface area (Å²) in [6.45, 7) is 3.39. The van der Waals surface area contributed by atoms with Crippen molar-refractivity contribution in [2.24, 2.45) is 0 Å². The van der Waals surface area contributed by atoms with E-state index in [-0.39, 0.29) is 17.4 Å². The van der Waals surface area contributed by atoms with Gasteiger partial charge in [0.2, 0.25) is 0 Å². The zero-order valence-electron chi connectivity index (χ0n) is 11.9. The van der Waals surface area contributed by atoms with Crippen LogP contribution in [0.3, 0.4) is 0 Å². The highest BCUT2D eigenvalue weighted by Crippen LogP contribution is 2.38. The number of benzene rings is 1. The molecule has 21 heavy (non-hydrogen) atoms. The van der Waals surface area contributed by atoms with E-state index in [9.17, 15) is 22.0 Å². The number of ether oxygens (including phenoxy) is 2. The van der Waals surface area contributed by atoms with Gasteiger partial charge < -0.3 is 9.47 Å². The number of hydrogen-bond acceptors (Lipinski definition) is 2. The van der Waals surface area contributed by atoms with Crippen LogP contribution in [0.4, 0.5) is 22.0 Å². The number of hydrogen-bond donors (Lipinski definition) is 0. The lowest BCUT2D eigenvalue weighted by atomic mass is 10.0. The molecule has 120 valence electrons. The van der Waals surface area contributed by atoms with Crippen LogP contribution >= 0.6 is 0 Å². The van der Waals surface area contributed by atoms with E-state index in [1.54, 1.807) is 13.8 Å². The summed E-state index contributed by atoms with van der Waals surface area (Å²) in [5, 5.41) is 0. The molecule has 0 fully saturated rings. The van der Waals surface area contributed by atoms with Gasteiger partial charge in [0, 0.05) is 19.1 Å². The Hall–Kier alpha value is -1.37. The number of alkyl halides is 4. The van der Waals surface area contributed by atoms with Crippen molar-refractivity contribution in [2.75, 3.05) is 7.11 Å². The number of halogens is 5. The number of methoxy groups -OCH3 is 1. The van der Waals surface area contributed by atoms with Crippen LogP contribution in [0.15, 0.2) is 18.2 Å². The smallest absolute Gasteiger partial charge is 0.310 e. The highest BCUT2D eigenvalue weighted by molar-refractivity contribution is 5.36. The minimum atomic E-state index is -4.23. The lowest BCUT2D eigenvalue weighted by Gasteiger charge is -2.24. The van der Waals surface area contributed by atoms with Gasteiger partial charge in [-0.2, -0.15) is 0 Å². The molecule has 0 amide bonds. The Kier molecular flexibility index (Phi) is 5.95. The summed E-state index contributed by atoms with van der Waals surface area (Å²) in [5.74, 6) is -4.80. The quantitative estimate of drug-likeness (QED) is 0.686. The fraction of sp³-hybridized carbons (Fsp3) is 0.571. The first kappa shape index (κ1) is 17.7. The molecule has 0 aliphatic heterocycles. The summed E-state index contributed by atoms with van der Waals surface area (Å²) in [6, 6.07) is 3.31. The Labute approximate surface area is 119 Å². The second kappa shape index (κ2) is 7.06. The second-order valence-corrected chi connectivity index (χ2v) is 4.84. The molecular weight excluding hydrogens is 295 g/mol. The summed E-state index contributed by atoms with van der Waals surface area (Å²) < 4.78 is 74.6. The van der Waals surface area contributed by atoms with Crippen molar-refractivity contribution >= 4 is 0 Å². The summed E-state index contributed by atoms with van der Waals surface area (Å²) in [4.78, 5) is 0. The maximum absolute atomic E-state index is 13.3. The highest BCUT2D eigenvalue weighted by Gasteiger charge is 2.43. The van der Waals surface area contributed by atoms with E-state index < -0.39 is 30.7 Å². The largest absolute Gasteiger partial charge is 0.491 e. The first-order chi connectivity index (χ1) is 9.67. The minimum absolute atomic E-state index is 0.0217. The minimum Gasteiger partial charge on any atom is -0.491 e. The molecule has 1 unspecified atom stereocenters. The fourth-order valence-corrected chi connectivity index (χ4v) is 1.79. The molecule has 0 saturated heterocycles. The highest BCUT2D eigenvalue weighted by atomic mass is 19.3. The molecule has 0 saturated carbocycles. The third kappa shape index (κ3) is 4.84. The van der Waals surface area contributed by atoms with E-state index in [4.69, 9.17) is 9.47 Å². The molecule has 2 nitrogen and oxygen atoms in total. The van der Waals surface area contributed by atoms with Crippen molar-refractivity contribution in [3.63, 3.8) is 0 Å². The van der Waals surface area contributed by atoms with Crippen molar-refractivity contribution in [3.05, 3.63) is 29.6 Å². The van der Waals surface area contributed by atoms with Crippen LogP contribution in [-0.4, -0.2) is 25.6 Å². The third-order valence-electron chi connectivity index (χ3n) is 2.74. The topological polar surface area (TPSA) is 18.5 Å². The Bertz CT molecular complexity index is 463. The lowest BCUT2D eigenvalue weighted by molar-refractivity contribution is -0.152. The molecule has 0 bridgehead atoms. The van der Waals surface area contributed by atoms with Crippen LogP contribution in [0, 0.1) is 5.82 Å². The Morgan fingerprint density at radius 3 is 2.29 bits per heavy atom. The second-order valence-electron chi connectivity index (χ2n) is 4.84. The molecule has 0 spiro atoms. The van der Waals surface area contributed by atoms with Gasteiger partial charge in [-0.15, -0.1) is 0 Å². The fourth-order valence-electron chi connectivity index (χ4n) is 1.79. The Morgan fingerprint density at radius 1 is 1.19 bits per heavy atom. The maximum Gasteiger partial charge on any atom is 0.310 e. The van der Waals surface area contributed by atoms with Crippen molar-refractivity contribution in [1.82, 2.24) is 0 Å². The maximum atomic E-state index is 13.3. The molecule has 1 aromatic rings. The molecule has 7 heteroatoms. The van der Waals surface area contributed by atoms with Gasteiger partial charge in [0.15, 0.2) is 0 Å². The first-order valence-electron chi connectivity index (χ1n) is 6.32. The van der Waals surface area contributed by atoms with Gasteiger partial charge in [0.25, 0.3) is 0 Å². The van der Waals surface area contributed by atoms with Gasteiger partial charge in [-0.1, -0.05) is 0 Å². The van der Waals surface area contributed by atoms with Gasteiger partial charge in [-0.05, 0) is 32.0 Å². The third-order valence-corrected chi connectivity index (χ3v) is 2.74. The molecular formula is C14H17F5O2. The van der Waals surface area contributed by atoms with Crippen molar-refractivity contribution < 1.29 is 31.4 Å². The van der Waals surface area contributed by atoms with Crippen LogP contribution in [-0.2, 0) is 4.74 Å². The van der Waals surface area contributed by atoms with Gasteiger partial charge >= 0.3 is 12.3 Å². The molecule has 0 heterocycles. The standard InChI is InChI=1S/C14H17F5O2/c1-8(2)21-11-5-4-9(15)6-10(11)12(20-3)7-14(18,19)13(16)17/h4-6,8,12-13H,7H2,1-3H3. The average Bonchev–Trinajstić information content (AvgIpc) is 2.37. The molecule has 1 rings (SSSR count). The van der Waals surface area contributed by atoms with Crippen LogP contribution in [0.5, 0.6) is 5.75 Å². The van der Waals surface area contributed by atoms with E-state index in [0.717, 1.165) is 19.2 Å². The van der Waals surface area contributed by atoms with E-state index in [2.05, 4.69) is 0 Å². The predicted octanol–water partition coefficient (Wildman–Crippen LogP) is 4.59. The zero-order valence-corrected chi connectivity index (χ0v) is 11.9. The van der Waals surface area contributed by atoms with E-state index in [1.165, 1.54) is 6.07 Å². The normalized spacial score (nSPS) is 13.8. The molecule has 0 aliphatic rings. The average molecular weight is 312 g/mol. The lowest BCUT2D eigenvalue weighted by Crippen LogP contribution is -2.29. The van der Waals surface area contributed by atoms with E-state index in [0.29, 0.717) is 0 Å². The zero-order chi connectivity index (χ0) is 16.2. The summed E-state index contributed by atoms with van der Waals surface area (Å²) in [7, 11) is 1.09. The van der Waals surface area contributed by atoms with Gasteiger partial charge in [-0.3, -0.25) is 0 Å². The van der Waals surface area contributed by atoms with Crippen LogP contribution in [0.2, 0.25) is 0 Å². The predicted molar refractivity (Wildman–Crippen MR) is 67.5 cm³/mol. The van der Waals surface area contributed by atoms with Gasteiger partial charge in [0.1, 0.15) is 11.6 Å². The monoisotopic (exact) mass is 312 g/mol. The summed E-state index contributed by atoms with van der Waals surface area (Å²) in [5.41, 5.74) is -0.0217. The molecule has 0 radical (unpaired) electrons. The molecule has 0 aliphatic carbocycles. The van der Waals surface area contributed by atoms with Crippen molar-refractivity contribution in [2.45, 2.75) is 44.8 Å². The van der Waals surface area contributed by atoms with Crippen LogP contribution in [0.1, 0.15) is 31.9 Å². The number of rotatable bonds is 7. The Balaban J connectivity index is 3.12. The summed E-state index contributed by atoms with van der Waals surface area (Å²) >= 11 is 0. The molecule has 1 atom stereocenters. The summed E-state index contributed by atoms with van der Waals surface area (Å²) in [6.07, 6.45) is -6.78. The van der Waals surface area contributed by atoms with Crippen LogP contribution < -0.4 is 4.74 Å².